The Morgan fingerprint density at radius 2 is 2.00 bits per heavy atom. The maximum Gasteiger partial charge on any atom is 0.340 e. The molecule has 3 aromatic rings. The van der Waals surface area contributed by atoms with Crippen molar-refractivity contribution in [2.45, 2.75) is 13.3 Å². The lowest BCUT2D eigenvalue weighted by atomic mass is 9.99. The monoisotopic (exact) mass is 417 g/mol. The molecule has 0 amide bonds. The van der Waals surface area contributed by atoms with Crippen molar-refractivity contribution in [1.29, 1.82) is 0 Å². The minimum atomic E-state index is -0.960. The molecule has 0 unspecified atom stereocenters. The zero-order valence-corrected chi connectivity index (χ0v) is 16.5. The fourth-order valence-corrected chi connectivity index (χ4v) is 3.01. The molecule has 9 heteroatoms. The molecule has 0 spiro atoms. The van der Waals surface area contributed by atoms with Crippen molar-refractivity contribution >= 4 is 16.7 Å². The number of nitro benzene ring substituents is 1. The van der Waals surface area contributed by atoms with Crippen LogP contribution in [0.3, 0.4) is 0 Å². The molecule has 0 saturated carbocycles. The Morgan fingerprint density at radius 1 is 1.20 bits per heavy atom. The van der Waals surface area contributed by atoms with Crippen molar-refractivity contribution in [3.8, 4) is 5.75 Å². The molecular formula is C21H20FNO7. The van der Waals surface area contributed by atoms with Crippen LogP contribution in [-0.4, -0.2) is 32.0 Å². The van der Waals surface area contributed by atoms with E-state index in [2.05, 4.69) is 0 Å². The van der Waals surface area contributed by atoms with E-state index in [1.807, 2.05) is 0 Å². The van der Waals surface area contributed by atoms with Gasteiger partial charge >= 0.3 is 11.3 Å². The second-order valence-electron chi connectivity index (χ2n) is 6.50. The Bertz CT molecular complexity index is 1130. The molecule has 0 aliphatic heterocycles. The van der Waals surface area contributed by atoms with Gasteiger partial charge in [-0.1, -0.05) is 12.1 Å². The summed E-state index contributed by atoms with van der Waals surface area (Å²) in [6.45, 7) is 2.57. The molecule has 0 bridgehead atoms. The number of methoxy groups -OCH3 is 1. The highest BCUT2D eigenvalue weighted by Crippen LogP contribution is 2.27. The molecule has 2 aromatic carbocycles. The first kappa shape index (κ1) is 21.4. The first-order valence-electron chi connectivity index (χ1n) is 9.10. The van der Waals surface area contributed by atoms with Crippen molar-refractivity contribution in [3.05, 3.63) is 79.4 Å². The van der Waals surface area contributed by atoms with Crippen molar-refractivity contribution in [1.82, 2.24) is 0 Å². The van der Waals surface area contributed by atoms with E-state index in [1.165, 1.54) is 12.1 Å². The predicted molar refractivity (Wildman–Crippen MR) is 106 cm³/mol. The molecular weight excluding hydrogens is 397 g/mol. The number of halogens is 1. The maximum atomic E-state index is 14.4. The number of aryl methyl sites for hydroxylation is 1. The SMILES string of the molecule is COCCOCOc1ccc2c(C)c(Cc3cccc([N+](=O)[O-])c3F)c(=O)oc2c1. The molecule has 0 atom stereocenters. The number of hydrogen-bond donors (Lipinski definition) is 0. The summed E-state index contributed by atoms with van der Waals surface area (Å²) in [5, 5.41) is 11.6. The Labute approximate surface area is 170 Å². The zero-order valence-electron chi connectivity index (χ0n) is 16.5. The number of ether oxygens (including phenoxy) is 3. The first-order chi connectivity index (χ1) is 14.4. The van der Waals surface area contributed by atoms with Gasteiger partial charge < -0.3 is 18.6 Å². The maximum absolute atomic E-state index is 14.4. The van der Waals surface area contributed by atoms with Crippen LogP contribution >= 0.6 is 0 Å². The minimum absolute atomic E-state index is 0.0161. The van der Waals surface area contributed by atoms with Crippen LogP contribution in [0.4, 0.5) is 10.1 Å². The highest BCUT2D eigenvalue weighted by atomic mass is 19.1. The van der Waals surface area contributed by atoms with Gasteiger partial charge in [-0.3, -0.25) is 10.1 Å². The topological polar surface area (TPSA) is 101 Å². The molecule has 3 rings (SSSR count). The normalized spacial score (nSPS) is 11.0. The van der Waals surface area contributed by atoms with E-state index in [1.54, 1.807) is 32.2 Å². The van der Waals surface area contributed by atoms with Crippen LogP contribution in [0.5, 0.6) is 5.75 Å². The summed E-state index contributed by atoms with van der Waals surface area (Å²) in [6.07, 6.45) is -0.122. The zero-order chi connectivity index (χ0) is 21.7. The van der Waals surface area contributed by atoms with Crippen molar-refractivity contribution in [2.75, 3.05) is 27.1 Å². The fraction of sp³-hybridized carbons (Fsp3) is 0.286. The lowest BCUT2D eigenvalue weighted by Crippen LogP contribution is -2.12. The highest BCUT2D eigenvalue weighted by Gasteiger charge is 2.20. The number of nitrogens with zero attached hydrogens (tertiary/aromatic N) is 1. The molecule has 8 nitrogen and oxygen atoms in total. The predicted octanol–water partition coefficient (Wildman–Crippen LogP) is 3.74. The van der Waals surface area contributed by atoms with Gasteiger partial charge in [0.2, 0.25) is 5.82 Å². The second-order valence-corrected chi connectivity index (χ2v) is 6.50. The number of fused-ring (bicyclic) bond motifs is 1. The van der Waals surface area contributed by atoms with E-state index in [0.717, 1.165) is 6.07 Å². The second kappa shape index (κ2) is 9.47. The van der Waals surface area contributed by atoms with Crippen molar-refractivity contribution < 1.29 is 27.9 Å². The largest absolute Gasteiger partial charge is 0.467 e. The van der Waals surface area contributed by atoms with Gasteiger partial charge in [0.05, 0.1) is 18.1 Å². The number of hydrogen-bond acceptors (Lipinski definition) is 7. The van der Waals surface area contributed by atoms with Crippen LogP contribution in [-0.2, 0) is 15.9 Å². The van der Waals surface area contributed by atoms with Crippen molar-refractivity contribution in [3.63, 3.8) is 0 Å². The molecule has 158 valence electrons. The molecule has 1 aromatic heterocycles. The molecule has 1 heterocycles. The van der Waals surface area contributed by atoms with Gasteiger partial charge in [-0.15, -0.1) is 0 Å². The Hall–Kier alpha value is -3.30. The van der Waals surface area contributed by atoms with Crippen LogP contribution in [0.2, 0.25) is 0 Å². The molecule has 0 radical (unpaired) electrons. The Balaban J connectivity index is 1.87. The summed E-state index contributed by atoms with van der Waals surface area (Å²) >= 11 is 0. The first-order valence-corrected chi connectivity index (χ1v) is 9.10. The van der Waals surface area contributed by atoms with Crippen LogP contribution in [0.1, 0.15) is 16.7 Å². The third-order valence-corrected chi connectivity index (χ3v) is 4.62. The van der Waals surface area contributed by atoms with Gasteiger partial charge in [0.15, 0.2) is 6.79 Å². The van der Waals surface area contributed by atoms with Crippen LogP contribution < -0.4 is 10.4 Å². The van der Waals surface area contributed by atoms with E-state index in [4.69, 9.17) is 18.6 Å². The van der Waals surface area contributed by atoms with E-state index >= 15 is 0 Å². The molecule has 0 aliphatic carbocycles. The number of nitro groups is 1. The molecule has 0 fully saturated rings. The third-order valence-electron chi connectivity index (χ3n) is 4.62. The Morgan fingerprint density at radius 3 is 2.73 bits per heavy atom. The van der Waals surface area contributed by atoms with Crippen LogP contribution in [0.25, 0.3) is 11.0 Å². The van der Waals surface area contributed by atoms with Gasteiger partial charge in [-0.25, -0.2) is 4.79 Å². The minimum Gasteiger partial charge on any atom is -0.467 e. The molecule has 0 N–H and O–H groups in total. The summed E-state index contributed by atoms with van der Waals surface area (Å²) in [5.41, 5.74) is -0.0694. The Kier molecular flexibility index (Phi) is 6.76. The van der Waals surface area contributed by atoms with Gasteiger partial charge in [0, 0.05) is 36.6 Å². The van der Waals surface area contributed by atoms with Gasteiger partial charge in [0.1, 0.15) is 11.3 Å². The van der Waals surface area contributed by atoms with Gasteiger partial charge in [0.25, 0.3) is 0 Å². The number of benzene rings is 2. The molecule has 0 aliphatic rings. The molecule has 0 saturated heterocycles. The average molecular weight is 417 g/mol. The van der Waals surface area contributed by atoms with E-state index < -0.39 is 22.1 Å². The quantitative estimate of drug-likeness (QED) is 0.172. The standard InChI is InChI=1S/C21H20FNO7/c1-13-16-7-6-15(29-12-28-9-8-27-2)11-19(16)30-21(24)17(13)10-14-4-3-5-18(20(14)22)23(25)26/h3-7,11H,8-10,12H2,1-2H3. The lowest BCUT2D eigenvalue weighted by molar-refractivity contribution is -0.387. The lowest BCUT2D eigenvalue weighted by Gasteiger charge is -2.11. The van der Waals surface area contributed by atoms with E-state index in [9.17, 15) is 19.3 Å². The van der Waals surface area contributed by atoms with Crippen LogP contribution in [0.15, 0.2) is 45.6 Å². The summed E-state index contributed by atoms with van der Waals surface area (Å²) in [4.78, 5) is 22.7. The van der Waals surface area contributed by atoms with E-state index in [-0.39, 0.29) is 24.3 Å². The summed E-state index contributed by atoms with van der Waals surface area (Å²) in [6, 6.07) is 8.87. The number of rotatable bonds is 9. The molecule has 30 heavy (non-hydrogen) atoms. The van der Waals surface area contributed by atoms with Gasteiger partial charge in [-0.05, 0) is 30.2 Å². The van der Waals surface area contributed by atoms with Gasteiger partial charge in [-0.2, -0.15) is 4.39 Å². The fourth-order valence-electron chi connectivity index (χ4n) is 3.01. The smallest absolute Gasteiger partial charge is 0.340 e. The average Bonchev–Trinajstić information content (AvgIpc) is 2.71. The summed E-state index contributed by atoms with van der Waals surface area (Å²) < 4.78 is 35.4. The summed E-state index contributed by atoms with van der Waals surface area (Å²) in [5.74, 6) is -0.501. The third kappa shape index (κ3) is 4.64. The van der Waals surface area contributed by atoms with Crippen LogP contribution in [0, 0.1) is 22.9 Å². The van der Waals surface area contributed by atoms with E-state index in [0.29, 0.717) is 35.5 Å². The summed E-state index contributed by atoms with van der Waals surface area (Å²) in [7, 11) is 1.57. The van der Waals surface area contributed by atoms with Crippen molar-refractivity contribution in [2.24, 2.45) is 0 Å². The highest BCUT2D eigenvalue weighted by molar-refractivity contribution is 5.82.